The van der Waals surface area contributed by atoms with E-state index in [1.165, 1.54) is 6.07 Å². The highest BCUT2D eigenvalue weighted by molar-refractivity contribution is 5.89. The maximum absolute atomic E-state index is 13.3. The van der Waals surface area contributed by atoms with Gasteiger partial charge in [-0.2, -0.15) is 0 Å². The molecule has 1 fully saturated rings. The Morgan fingerprint density at radius 3 is 2.72 bits per heavy atom. The van der Waals surface area contributed by atoms with Crippen LogP contribution in [0.5, 0.6) is 0 Å². The number of fused-ring (bicyclic) bond motifs is 5. The molecule has 8 nitrogen and oxygen atoms in total. The number of nitrogens with zero attached hydrogens (tertiary/aromatic N) is 4. The molecule has 1 N–H and O–H groups in total. The molecular formula is C24H27N4O4-. The van der Waals surface area contributed by atoms with Gasteiger partial charge in [-0.05, 0) is 49.9 Å². The normalized spacial score (nSPS) is 20.0. The first-order valence-corrected chi connectivity index (χ1v) is 11.1. The fraction of sp³-hybridized carbons (Fsp3) is 0.417. The minimum Gasteiger partial charge on any atom is -0.733 e. The maximum Gasteiger partial charge on any atom is 0.275 e. The molecule has 0 saturated carbocycles. The van der Waals surface area contributed by atoms with Gasteiger partial charge < -0.3 is 24.5 Å². The third-order valence-corrected chi connectivity index (χ3v) is 6.86. The molecule has 1 amide bonds. The molecule has 2 aliphatic heterocycles. The fourth-order valence-electron chi connectivity index (χ4n) is 5.40. The Morgan fingerprint density at radius 1 is 1.19 bits per heavy atom. The number of piperidine rings is 1. The Kier molecular flexibility index (Phi) is 5.06. The zero-order valence-corrected chi connectivity index (χ0v) is 18.3. The quantitative estimate of drug-likeness (QED) is 0.635. The number of carbonyl (C=O) groups is 1. The summed E-state index contributed by atoms with van der Waals surface area (Å²) in [5.74, 6) is 0.290. The number of benzene rings is 1. The standard InChI is InChI=1S/C24H27N4O4/c1-15(2)26-14-17(19-5-3-4-6-21(19)26)10-23(29)25-11-16-9-18(13-25)20-7-8-22(28(31)32)24(30)27(20)12-16/h3-8,14-16,18,31H,9-13H2,1-2H3/q-1. The van der Waals surface area contributed by atoms with Crippen LogP contribution in [0.15, 0.2) is 47.4 Å². The molecule has 0 radical (unpaired) electrons. The van der Waals surface area contributed by atoms with E-state index in [0.29, 0.717) is 32.1 Å². The summed E-state index contributed by atoms with van der Waals surface area (Å²) in [6, 6.07) is 11.6. The van der Waals surface area contributed by atoms with Crippen molar-refractivity contribution in [1.82, 2.24) is 14.0 Å². The summed E-state index contributed by atoms with van der Waals surface area (Å²) in [5.41, 5.74) is 2.25. The number of anilines is 1. The fourth-order valence-corrected chi connectivity index (χ4v) is 5.40. The van der Waals surface area contributed by atoms with E-state index < -0.39 is 5.56 Å². The molecule has 1 saturated heterocycles. The van der Waals surface area contributed by atoms with Crippen molar-refractivity contribution in [2.75, 3.05) is 18.3 Å². The van der Waals surface area contributed by atoms with E-state index in [0.717, 1.165) is 28.6 Å². The molecule has 1 aromatic carbocycles. The second-order valence-electron chi connectivity index (χ2n) is 9.28. The lowest BCUT2D eigenvalue weighted by Gasteiger charge is -2.43. The van der Waals surface area contributed by atoms with Gasteiger partial charge in [0.1, 0.15) is 5.69 Å². The molecule has 0 aliphatic carbocycles. The number of amides is 1. The Hall–Kier alpha value is -3.10. The minimum absolute atomic E-state index is 0.0454. The minimum atomic E-state index is -0.476. The van der Waals surface area contributed by atoms with E-state index in [-0.39, 0.29) is 28.7 Å². The third kappa shape index (κ3) is 3.40. The maximum atomic E-state index is 13.3. The molecule has 8 heteroatoms. The lowest BCUT2D eigenvalue weighted by atomic mass is 9.83. The van der Waals surface area contributed by atoms with Crippen molar-refractivity contribution in [3.8, 4) is 0 Å². The highest BCUT2D eigenvalue weighted by atomic mass is 16.8. The molecule has 4 heterocycles. The number of carbonyl (C=O) groups excluding carboxylic acids is 1. The SMILES string of the molecule is CC(C)n1cc(CC(=O)N2CC3CC(C2)c2ccc(N([O-])O)c(=O)n2C3)c2ccccc21. The van der Waals surface area contributed by atoms with Gasteiger partial charge in [-0.25, -0.2) is 0 Å². The Labute approximate surface area is 185 Å². The topological polar surface area (TPSA) is 93.8 Å². The van der Waals surface area contributed by atoms with Crippen molar-refractivity contribution in [3.63, 3.8) is 0 Å². The molecule has 3 aromatic rings. The number of pyridine rings is 1. The summed E-state index contributed by atoms with van der Waals surface area (Å²) >= 11 is 0. The molecule has 5 rings (SSSR count). The van der Waals surface area contributed by atoms with E-state index in [9.17, 15) is 20.0 Å². The largest absolute Gasteiger partial charge is 0.733 e. The van der Waals surface area contributed by atoms with Gasteiger partial charge in [0, 0.05) is 54.4 Å². The van der Waals surface area contributed by atoms with Gasteiger partial charge in [0.2, 0.25) is 5.91 Å². The van der Waals surface area contributed by atoms with Crippen LogP contribution in [0.4, 0.5) is 5.69 Å². The Bertz CT molecular complexity index is 1240. The van der Waals surface area contributed by atoms with E-state index in [1.807, 2.05) is 17.0 Å². The van der Waals surface area contributed by atoms with Crippen LogP contribution in [0, 0.1) is 11.1 Å². The smallest absolute Gasteiger partial charge is 0.275 e. The van der Waals surface area contributed by atoms with Gasteiger partial charge in [0.25, 0.3) is 5.56 Å². The molecule has 32 heavy (non-hydrogen) atoms. The number of hydrogen-bond acceptors (Lipinski definition) is 5. The molecule has 2 aliphatic rings. The summed E-state index contributed by atoms with van der Waals surface area (Å²) < 4.78 is 3.80. The van der Waals surface area contributed by atoms with Gasteiger partial charge in [-0.1, -0.05) is 18.2 Å². The predicted octanol–water partition coefficient (Wildman–Crippen LogP) is 3.27. The van der Waals surface area contributed by atoms with Crippen LogP contribution in [0.25, 0.3) is 10.9 Å². The first kappa shape index (κ1) is 20.8. The molecule has 2 aromatic heterocycles. The highest BCUT2D eigenvalue weighted by Crippen LogP contribution is 2.36. The number of rotatable bonds is 4. The average molecular weight is 436 g/mol. The second kappa shape index (κ2) is 7.79. The third-order valence-electron chi connectivity index (χ3n) is 6.86. The molecule has 2 atom stereocenters. The number of aromatic nitrogens is 2. The van der Waals surface area contributed by atoms with E-state index >= 15 is 0 Å². The first-order chi connectivity index (χ1) is 15.3. The zero-order chi connectivity index (χ0) is 22.6. The lowest BCUT2D eigenvalue weighted by Crippen LogP contribution is -2.49. The predicted molar refractivity (Wildman–Crippen MR) is 122 cm³/mol. The molecule has 2 bridgehead atoms. The summed E-state index contributed by atoms with van der Waals surface area (Å²) in [4.78, 5) is 27.8. The summed E-state index contributed by atoms with van der Waals surface area (Å²) in [7, 11) is 0. The van der Waals surface area contributed by atoms with Crippen molar-refractivity contribution in [1.29, 1.82) is 0 Å². The second-order valence-corrected chi connectivity index (χ2v) is 9.28. The van der Waals surface area contributed by atoms with E-state index in [4.69, 9.17) is 0 Å². The first-order valence-electron chi connectivity index (χ1n) is 11.1. The van der Waals surface area contributed by atoms with E-state index in [2.05, 4.69) is 36.7 Å². The van der Waals surface area contributed by atoms with Gasteiger partial charge in [-0.15, -0.1) is 0 Å². The van der Waals surface area contributed by atoms with Crippen molar-refractivity contribution in [2.24, 2.45) is 5.92 Å². The van der Waals surface area contributed by atoms with Crippen LogP contribution in [0.2, 0.25) is 0 Å². The van der Waals surface area contributed by atoms with Crippen LogP contribution in [0.3, 0.4) is 0 Å². The lowest BCUT2D eigenvalue weighted by molar-refractivity contribution is -0.133. The number of para-hydroxylation sites is 1. The molecular weight excluding hydrogens is 408 g/mol. The van der Waals surface area contributed by atoms with Crippen LogP contribution >= 0.6 is 0 Å². The molecule has 0 spiro atoms. The monoisotopic (exact) mass is 435 g/mol. The number of hydrogen-bond donors (Lipinski definition) is 1. The van der Waals surface area contributed by atoms with Crippen molar-refractivity contribution in [2.45, 2.75) is 45.2 Å². The molecule has 168 valence electrons. The van der Waals surface area contributed by atoms with Crippen LogP contribution in [0.1, 0.15) is 43.5 Å². The van der Waals surface area contributed by atoms with E-state index in [1.54, 1.807) is 10.6 Å². The average Bonchev–Trinajstić information content (AvgIpc) is 3.13. The van der Waals surface area contributed by atoms with Crippen molar-refractivity contribution in [3.05, 3.63) is 69.4 Å². The van der Waals surface area contributed by atoms with Crippen LogP contribution < -0.4 is 10.8 Å². The zero-order valence-electron chi connectivity index (χ0n) is 18.3. The van der Waals surface area contributed by atoms with Crippen molar-refractivity contribution < 1.29 is 10.0 Å². The summed E-state index contributed by atoms with van der Waals surface area (Å²) in [6.07, 6.45) is 3.36. The van der Waals surface area contributed by atoms with Gasteiger partial charge in [0.15, 0.2) is 0 Å². The Balaban J connectivity index is 1.40. The summed E-state index contributed by atoms with van der Waals surface area (Å²) in [5, 5.41) is 21.2. The van der Waals surface area contributed by atoms with Gasteiger partial charge >= 0.3 is 0 Å². The van der Waals surface area contributed by atoms with Crippen LogP contribution in [-0.4, -0.2) is 38.2 Å². The van der Waals surface area contributed by atoms with Crippen molar-refractivity contribution >= 4 is 22.5 Å². The Morgan fingerprint density at radius 2 is 1.97 bits per heavy atom. The summed E-state index contributed by atoms with van der Waals surface area (Å²) in [6.45, 7) is 5.86. The highest BCUT2D eigenvalue weighted by Gasteiger charge is 2.36. The van der Waals surface area contributed by atoms with Gasteiger partial charge in [-0.3, -0.25) is 14.8 Å². The van der Waals surface area contributed by atoms with Gasteiger partial charge in [0.05, 0.1) is 6.42 Å². The van der Waals surface area contributed by atoms with Crippen LogP contribution in [-0.2, 0) is 17.8 Å². The number of likely N-dealkylation sites (tertiary alicyclic amines) is 1. The molecule has 2 unspecified atom stereocenters.